The molecule has 14 heavy (non-hydrogen) atoms. The van der Waals surface area contributed by atoms with E-state index in [9.17, 15) is 4.79 Å². The fraction of sp³-hybridized carbons (Fsp3) is 0.889. The van der Waals surface area contributed by atoms with Gasteiger partial charge in [-0.05, 0) is 13.8 Å². The smallest absolute Gasteiger partial charge is 0.246 e. The van der Waals surface area contributed by atoms with Gasteiger partial charge in [-0.25, -0.2) is 0 Å². The van der Waals surface area contributed by atoms with Crippen LogP contribution in [-0.4, -0.2) is 50.1 Å². The Bertz CT molecular complexity index is 170. The molecule has 0 radical (unpaired) electrons. The zero-order valence-electron chi connectivity index (χ0n) is 9.00. The normalized spacial score (nSPS) is 11.4. The van der Waals surface area contributed by atoms with Crippen molar-refractivity contribution in [3.8, 4) is 0 Å². The molecule has 0 atom stereocenters. The van der Waals surface area contributed by atoms with Gasteiger partial charge >= 0.3 is 0 Å². The summed E-state index contributed by atoms with van der Waals surface area (Å²) in [5.74, 6) is -0.236. The van der Waals surface area contributed by atoms with E-state index in [2.05, 4.69) is 5.32 Å². The number of hydrogen-bond acceptors (Lipinski definition) is 4. The molecule has 0 heterocycles. The van der Waals surface area contributed by atoms with Crippen molar-refractivity contribution in [2.75, 3.05) is 33.5 Å². The van der Waals surface area contributed by atoms with Crippen molar-refractivity contribution >= 4 is 5.91 Å². The predicted molar refractivity (Wildman–Crippen MR) is 52.0 cm³/mol. The van der Waals surface area contributed by atoms with Gasteiger partial charge in [0.2, 0.25) is 5.91 Å². The zero-order valence-corrected chi connectivity index (χ0v) is 9.00. The van der Waals surface area contributed by atoms with Crippen molar-refractivity contribution in [3.05, 3.63) is 0 Å². The van der Waals surface area contributed by atoms with Crippen molar-refractivity contribution in [2.45, 2.75) is 19.4 Å². The maximum atomic E-state index is 11.2. The van der Waals surface area contributed by atoms with E-state index in [0.29, 0.717) is 13.2 Å². The molecule has 0 bridgehead atoms. The second kappa shape index (κ2) is 6.75. The van der Waals surface area contributed by atoms with E-state index in [1.807, 2.05) is 0 Å². The number of carbonyl (C=O) groups is 1. The molecule has 0 aromatic heterocycles. The van der Waals surface area contributed by atoms with E-state index < -0.39 is 5.54 Å². The van der Waals surface area contributed by atoms with E-state index in [1.54, 1.807) is 21.0 Å². The lowest BCUT2D eigenvalue weighted by Crippen LogP contribution is -2.47. The molecule has 0 saturated heterocycles. The molecule has 0 aromatic rings. The lowest BCUT2D eigenvalue weighted by Gasteiger charge is -2.23. The van der Waals surface area contributed by atoms with Gasteiger partial charge in [0.25, 0.3) is 0 Å². The van der Waals surface area contributed by atoms with Gasteiger partial charge in [0.05, 0.1) is 25.4 Å². The monoisotopic (exact) mass is 205 g/mol. The summed E-state index contributed by atoms with van der Waals surface area (Å²) >= 11 is 0. The predicted octanol–water partition coefficient (Wildman–Crippen LogP) is -0.463. The van der Waals surface area contributed by atoms with Crippen LogP contribution in [0.3, 0.4) is 0 Å². The topological polar surface area (TPSA) is 67.8 Å². The Labute approximate surface area is 84.4 Å². The molecule has 5 heteroatoms. The van der Waals surface area contributed by atoms with Crippen molar-refractivity contribution in [1.82, 2.24) is 5.32 Å². The number of hydrogen-bond donors (Lipinski definition) is 2. The van der Waals surface area contributed by atoms with Gasteiger partial charge in [-0.15, -0.1) is 0 Å². The third-order valence-corrected chi connectivity index (χ3v) is 1.54. The molecule has 2 N–H and O–H groups in total. The van der Waals surface area contributed by atoms with E-state index in [1.165, 1.54) is 0 Å². The molecule has 0 aliphatic carbocycles. The van der Waals surface area contributed by atoms with E-state index >= 15 is 0 Å². The molecule has 0 saturated carbocycles. The summed E-state index contributed by atoms with van der Waals surface area (Å²) in [6.45, 7) is 4.23. The molecule has 5 nitrogen and oxygen atoms in total. The molecule has 0 aliphatic rings. The van der Waals surface area contributed by atoms with E-state index in [0.717, 1.165) is 0 Å². The molecule has 0 unspecified atom stereocenters. The van der Waals surface area contributed by atoms with Crippen LogP contribution in [0, 0.1) is 0 Å². The maximum Gasteiger partial charge on any atom is 0.246 e. The molecule has 0 rings (SSSR count). The highest BCUT2D eigenvalue weighted by Crippen LogP contribution is 1.98. The van der Waals surface area contributed by atoms with Crippen molar-refractivity contribution in [2.24, 2.45) is 0 Å². The molecule has 0 aliphatic heterocycles. The number of rotatable bonds is 7. The summed E-state index contributed by atoms with van der Waals surface area (Å²) in [4.78, 5) is 11.2. The van der Waals surface area contributed by atoms with Crippen LogP contribution in [0.4, 0.5) is 0 Å². The lowest BCUT2D eigenvalue weighted by atomic mass is 10.1. The molecular formula is C9H19NO4. The summed E-state index contributed by atoms with van der Waals surface area (Å²) in [7, 11) is 1.57. The molecular weight excluding hydrogens is 186 g/mol. The van der Waals surface area contributed by atoms with Gasteiger partial charge in [0, 0.05) is 7.11 Å². The zero-order chi connectivity index (χ0) is 11.0. The number of aliphatic hydroxyl groups excluding tert-OH is 1. The Hall–Kier alpha value is -0.650. The second-order valence-electron chi connectivity index (χ2n) is 3.64. The van der Waals surface area contributed by atoms with E-state index in [4.69, 9.17) is 14.6 Å². The third-order valence-electron chi connectivity index (χ3n) is 1.54. The standard InChI is InChI=1S/C9H19NO4/c1-9(2,7-11)10-8(12)6-14-5-4-13-3/h11H,4-7H2,1-3H3,(H,10,12). The Kier molecular flexibility index (Phi) is 6.44. The molecule has 0 spiro atoms. The number of carbonyl (C=O) groups excluding carboxylic acids is 1. The van der Waals surface area contributed by atoms with Crippen LogP contribution in [0.25, 0.3) is 0 Å². The van der Waals surface area contributed by atoms with Crippen LogP contribution in [0.1, 0.15) is 13.8 Å². The van der Waals surface area contributed by atoms with Gasteiger partial charge in [0.1, 0.15) is 6.61 Å². The Morgan fingerprint density at radius 1 is 1.43 bits per heavy atom. The molecule has 0 aromatic carbocycles. The number of methoxy groups -OCH3 is 1. The average Bonchev–Trinajstić information content (AvgIpc) is 2.12. The van der Waals surface area contributed by atoms with E-state index in [-0.39, 0.29) is 19.1 Å². The Balaban J connectivity index is 3.55. The molecule has 84 valence electrons. The largest absolute Gasteiger partial charge is 0.394 e. The van der Waals surface area contributed by atoms with Gasteiger partial charge in [-0.2, -0.15) is 0 Å². The van der Waals surface area contributed by atoms with Crippen molar-refractivity contribution in [3.63, 3.8) is 0 Å². The van der Waals surface area contributed by atoms with Crippen LogP contribution < -0.4 is 5.32 Å². The van der Waals surface area contributed by atoms with Crippen LogP contribution in [0.2, 0.25) is 0 Å². The minimum absolute atomic E-state index is 0.00715. The summed E-state index contributed by atoms with van der Waals surface area (Å²) in [5, 5.41) is 11.5. The summed E-state index contributed by atoms with van der Waals surface area (Å²) in [5.41, 5.74) is -0.596. The highest BCUT2D eigenvalue weighted by molar-refractivity contribution is 5.77. The van der Waals surface area contributed by atoms with Gasteiger partial charge in [0.15, 0.2) is 0 Å². The van der Waals surface area contributed by atoms with Gasteiger partial charge in [-0.1, -0.05) is 0 Å². The van der Waals surface area contributed by atoms with Crippen molar-refractivity contribution in [1.29, 1.82) is 0 Å². The van der Waals surface area contributed by atoms with Gasteiger partial charge < -0.3 is 19.9 Å². The summed E-state index contributed by atoms with van der Waals surface area (Å²) in [6.07, 6.45) is 0. The highest BCUT2D eigenvalue weighted by atomic mass is 16.5. The fourth-order valence-corrected chi connectivity index (χ4v) is 0.760. The van der Waals surface area contributed by atoms with Crippen LogP contribution in [0.5, 0.6) is 0 Å². The summed E-state index contributed by atoms with van der Waals surface area (Å²) < 4.78 is 9.76. The Morgan fingerprint density at radius 2 is 2.07 bits per heavy atom. The fourth-order valence-electron chi connectivity index (χ4n) is 0.760. The van der Waals surface area contributed by atoms with Crippen molar-refractivity contribution < 1.29 is 19.4 Å². The first-order chi connectivity index (χ1) is 6.52. The minimum Gasteiger partial charge on any atom is -0.394 e. The quantitative estimate of drug-likeness (QED) is 0.552. The van der Waals surface area contributed by atoms with Crippen LogP contribution >= 0.6 is 0 Å². The maximum absolute atomic E-state index is 11.2. The first kappa shape index (κ1) is 13.4. The van der Waals surface area contributed by atoms with Crippen LogP contribution in [0.15, 0.2) is 0 Å². The number of ether oxygens (including phenoxy) is 2. The molecule has 1 amide bonds. The summed E-state index contributed by atoms with van der Waals surface area (Å²) in [6, 6.07) is 0. The second-order valence-corrected chi connectivity index (χ2v) is 3.64. The first-order valence-corrected chi connectivity index (χ1v) is 4.50. The third kappa shape index (κ3) is 6.82. The number of aliphatic hydroxyl groups is 1. The highest BCUT2D eigenvalue weighted by Gasteiger charge is 2.18. The van der Waals surface area contributed by atoms with Gasteiger partial charge in [-0.3, -0.25) is 4.79 Å². The number of nitrogens with one attached hydrogen (secondary N) is 1. The minimum atomic E-state index is -0.596. The average molecular weight is 205 g/mol. The Morgan fingerprint density at radius 3 is 2.57 bits per heavy atom. The molecule has 0 fully saturated rings. The lowest BCUT2D eigenvalue weighted by molar-refractivity contribution is -0.128. The SMILES string of the molecule is COCCOCC(=O)NC(C)(C)CO. The number of amides is 1. The first-order valence-electron chi connectivity index (χ1n) is 4.50. The van der Waals surface area contributed by atoms with Crippen LogP contribution in [-0.2, 0) is 14.3 Å².